The second-order valence-electron chi connectivity index (χ2n) is 3.79. The first-order valence-corrected chi connectivity index (χ1v) is 5.36. The number of fused-ring (bicyclic) bond motifs is 1. The van der Waals surface area contributed by atoms with E-state index < -0.39 is 0 Å². The van der Waals surface area contributed by atoms with Crippen LogP contribution in [-0.4, -0.2) is 14.3 Å². The third-order valence-corrected chi connectivity index (χ3v) is 2.69. The third-order valence-electron chi connectivity index (χ3n) is 2.69. The van der Waals surface area contributed by atoms with Gasteiger partial charge in [-0.2, -0.15) is 10.4 Å². The molecule has 0 N–H and O–H groups in total. The molecule has 0 bridgehead atoms. The molecule has 15 heavy (non-hydrogen) atoms. The van der Waals surface area contributed by atoms with E-state index in [2.05, 4.69) is 11.2 Å². The first-order chi connectivity index (χ1) is 7.33. The van der Waals surface area contributed by atoms with Crippen molar-refractivity contribution in [2.24, 2.45) is 0 Å². The predicted octanol–water partition coefficient (Wildman–Crippen LogP) is 0.685. The Morgan fingerprint density at radius 3 is 3.07 bits per heavy atom. The number of aromatic nitrogens is 3. The number of aryl methyl sites for hydroxylation is 2. The summed E-state index contributed by atoms with van der Waals surface area (Å²) in [4.78, 5) is 11.8. The number of hydrogen-bond acceptors (Lipinski definition) is 3. The maximum Gasteiger partial charge on any atom is 0.345 e. The molecule has 0 aliphatic carbocycles. The van der Waals surface area contributed by atoms with Gasteiger partial charge in [-0.15, -0.1) is 0 Å². The lowest BCUT2D eigenvalue weighted by Crippen LogP contribution is -2.27. The van der Waals surface area contributed by atoms with Gasteiger partial charge in [-0.1, -0.05) is 0 Å². The molecule has 1 aromatic heterocycles. The highest BCUT2D eigenvalue weighted by molar-refractivity contribution is 4.91. The normalized spacial score (nSPS) is 14.6. The van der Waals surface area contributed by atoms with Gasteiger partial charge in [-0.3, -0.25) is 4.57 Å². The van der Waals surface area contributed by atoms with Crippen LogP contribution in [0.3, 0.4) is 0 Å². The maximum atomic E-state index is 11.8. The Balaban J connectivity index is 2.15. The summed E-state index contributed by atoms with van der Waals surface area (Å²) in [7, 11) is 0. The lowest BCUT2D eigenvalue weighted by atomic mass is 10.2. The van der Waals surface area contributed by atoms with Crippen molar-refractivity contribution in [2.45, 2.75) is 45.2 Å². The van der Waals surface area contributed by atoms with E-state index in [0.717, 1.165) is 31.6 Å². The van der Waals surface area contributed by atoms with Crippen molar-refractivity contribution in [3.8, 4) is 6.07 Å². The molecule has 0 spiro atoms. The standard InChI is InChI=1S/C10H14N4O/c11-6-2-4-8-14-10(15)13-7-3-1-5-9(13)12-14/h1-5,7-8H2. The van der Waals surface area contributed by atoms with Crippen molar-refractivity contribution in [1.82, 2.24) is 14.3 Å². The van der Waals surface area contributed by atoms with Crippen molar-refractivity contribution in [2.75, 3.05) is 0 Å². The Labute approximate surface area is 87.9 Å². The fourth-order valence-electron chi connectivity index (χ4n) is 1.90. The highest BCUT2D eigenvalue weighted by atomic mass is 16.2. The van der Waals surface area contributed by atoms with Gasteiger partial charge in [0.05, 0.1) is 6.07 Å². The van der Waals surface area contributed by atoms with Gasteiger partial charge in [0.2, 0.25) is 0 Å². The highest BCUT2D eigenvalue weighted by Crippen LogP contribution is 2.09. The third kappa shape index (κ3) is 1.94. The molecule has 0 amide bonds. The quantitative estimate of drug-likeness (QED) is 0.683. The van der Waals surface area contributed by atoms with Crippen LogP contribution in [0, 0.1) is 11.3 Å². The average molecular weight is 206 g/mol. The first-order valence-electron chi connectivity index (χ1n) is 5.36. The molecule has 2 heterocycles. The Hall–Kier alpha value is -1.57. The van der Waals surface area contributed by atoms with E-state index in [1.54, 1.807) is 4.57 Å². The van der Waals surface area contributed by atoms with Crippen LogP contribution in [0.15, 0.2) is 4.79 Å². The molecule has 0 atom stereocenters. The van der Waals surface area contributed by atoms with Crippen LogP contribution in [0.1, 0.15) is 31.5 Å². The molecule has 0 fully saturated rings. The van der Waals surface area contributed by atoms with E-state index in [1.165, 1.54) is 4.68 Å². The van der Waals surface area contributed by atoms with Crippen LogP contribution in [-0.2, 0) is 19.5 Å². The summed E-state index contributed by atoms with van der Waals surface area (Å²) in [6.07, 6.45) is 4.27. The molecule has 1 aliphatic rings. The van der Waals surface area contributed by atoms with Gasteiger partial charge in [0.15, 0.2) is 0 Å². The second-order valence-corrected chi connectivity index (χ2v) is 3.79. The van der Waals surface area contributed by atoms with Gasteiger partial charge in [0.1, 0.15) is 5.82 Å². The second kappa shape index (κ2) is 4.30. The molecular formula is C10H14N4O. The largest absolute Gasteiger partial charge is 0.345 e. The van der Waals surface area contributed by atoms with Crippen LogP contribution in [0.5, 0.6) is 0 Å². The lowest BCUT2D eigenvalue weighted by molar-refractivity contribution is 0.509. The Kier molecular flexibility index (Phi) is 2.86. The molecule has 0 saturated carbocycles. The Morgan fingerprint density at radius 2 is 2.33 bits per heavy atom. The lowest BCUT2D eigenvalue weighted by Gasteiger charge is -2.09. The van der Waals surface area contributed by atoms with Crippen LogP contribution >= 0.6 is 0 Å². The van der Waals surface area contributed by atoms with E-state index in [4.69, 9.17) is 5.26 Å². The minimum absolute atomic E-state index is 0.0114. The van der Waals surface area contributed by atoms with Gasteiger partial charge in [0.25, 0.3) is 0 Å². The monoisotopic (exact) mass is 206 g/mol. The zero-order chi connectivity index (χ0) is 10.7. The fourth-order valence-corrected chi connectivity index (χ4v) is 1.90. The summed E-state index contributed by atoms with van der Waals surface area (Å²) in [6, 6.07) is 2.07. The highest BCUT2D eigenvalue weighted by Gasteiger charge is 2.15. The van der Waals surface area contributed by atoms with Crippen molar-refractivity contribution in [1.29, 1.82) is 5.26 Å². The molecule has 5 nitrogen and oxygen atoms in total. The van der Waals surface area contributed by atoms with Crippen LogP contribution in [0.4, 0.5) is 0 Å². The Bertz CT molecular complexity index is 437. The van der Waals surface area contributed by atoms with Gasteiger partial charge in [-0.25, -0.2) is 9.48 Å². The van der Waals surface area contributed by atoms with Crippen molar-refractivity contribution in [3.63, 3.8) is 0 Å². The van der Waals surface area contributed by atoms with E-state index in [0.29, 0.717) is 19.4 Å². The summed E-state index contributed by atoms with van der Waals surface area (Å²) in [5.74, 6) is 0.906. The number of hydrogen-bond donors (Lipinski definition) is 0. The molecule has 0 saturated heterocycles. The maximum absolute atomic E-state index is 11.8. The molecule has 1 aromatic rings. The number of nitrogens with zero attached hydrogens (tertiary/aromatic N) is 4. The SMILES string of the molecule is N#CCCCn1nc2n(c1=O)CCCC2. The summed E-state index contributed by atoms with van der Waals surface area (Å²) in [5, 5.41) is 12.7. The number of rotatable bonds is 3. The van der Waals surface area contributed by atoms with Gasteiger partial charge < -0.3 is 0 Å². The van der Waals surface area contributed by atoms with E-state index in [9.17, 15) is 4.79 Å². The smallest absolute Gasteiger partial charge is 0.279 e. The molecule has 5 heteroatoms. The number of unbranched alkanes of at least 4 members (excludes halogenated alkanes) is 1. The van der Waals surface area contributed by atoms with Crippen molar-refractivity contribution >= 4 is 0 Å². The van der Waals surface area contributed by atoms with Crippen molar-refractivity contribution < 1.29 is 0 Å². The van der Waals surface area contributed by atoms with Gasteiger partial charge >= 0.3 is 5.69 Å². The van der Waals surface area contributed by atoms with Crippen LogP contribution in [0.2, 0.25) is 0 Å². The van der Waals surface area contributed by atoms with E-state index in [-0.39, 0.29) is 5.69 Å². The zero-order valence-electron chi connectivity index (χ0n) is 8.65. The molecular weight excluding hydrogens is 192 g/mol. The number of nitriles is 1. The van der Waals surface area contributed by atoms with E-state index >= 15 is 0 Å². The van der Waals surface area contributed by atoms with Crippen LogP contribution in [0.25, 0.3) is 0 Å². The van der Waals surface area contributed by atoms with Gasteiger partial charge in [0, 0.05) is 25.9 Å². The first kappa shape index (κ1) is 9.97. The Morgan fingerprint density at radius 1 is 1.47 bits per heavy atom. The summed E-state index contributed by atoms with van der Waals surface area (Å²) in [6.45, 7) is 1.36. The molecule has 0 aromatic carbocycles. The average Bonchev–Trinajstić information content (AvgIpc) is 2.57. The summed E-state index contributed by atoms with van der Waals surface area (Å²) < 4.78 is 3.26. The predicted molar refractivity (Wildman–Crippen MR) is 54.3 cm³/mol. The summed E-state index contributed by atoms with van der Waals surface area (Å²) >= 11 is 0. The van der Waals surface area contributed by atoms with Gasteiger partial charge in [-0.05, 0) is 19.3 Å². The molecule has 0 radical (unpaired) electrons. The van der Waals surface area contributed by atoms with E-state index in [1.807, 2.05) is 0 Å². The minimum Gasteiger partial charge on any atom is -0.279 e. The molecule has 2 rings (SSSR count). The van der Waals surface area contributed by atoms with Crippen molar-refractivity contribution in [3.05, 3.63) is 16.3 Å². The molecule has 80 valence electrons. The topological polar surface area (TPSA) is 63.6 Å². The zero-order valence-corrected chi connectivity index (χ0v) is 8.65. The fraction of sp³-hybridized carbons (Fsp3) is 0.700. The molecule has 1 aliphatic heterocycles. The summed E-state index contributed by atoms with van der Waals surface area (Å²) in [5.41, 5.74) is -0.0114. The molecule has 0 unspecified atom stereocenters. The van der Waals surface area contributed by atoms with Crippen LogP contribution < -0.4 is 5.69 Å². The minimum atomic E-state index is -0.0114.